The van der Waals surface area contributed by atoms with Crippen molar-refractivity contribution in [1.29, 1.82) is 0 Å². The highest BCUT2D eigenvalue weighted by Gasteiger charge is 2.33. The van der Waals surface area contributed by atoms with E-state index >= 15 is 0 Å². The SMILES string of the molecule is CC(=O)C1=C(O)C(C)(C)CC1. The standard InChI is InChI=1S/C9H14O2/c1-6(10)7-4-5-9(2,3)8(7)11/h11H,4-5H2,1-3H3. The van der Waals surface area contributed by atoms with Gasteiger partial charge in [0.05, 0.1) is 0 Å². The molecule has 1 aliphatic rings. The monoisotopic (exact) mass is 154 g/mol. The first-order valence-corrected chi connectivity index (χ1v) is 3.88. The molecular formula is C9H14O2. The van der Waals surface area contributed by atoms with Crippen LogP contribution in [0.25, 0.3) is 0 Å². The molecule has 0 aromatic rings. The molecule has 2 heteroatoms. The zero-order valence-corrected chi connectivity index (χ0v) is 7.27. The second-order valence-electron chi connectivity index (χ2n) is 3.77. The molecule has 1 aliphatic carbocycles. The van der Waals surface area contributed by atoms with Crippen LogP contribution in [0.2, 0.25) is 0 Å². The highest BCUT2D eigenvalue weighted by molar-refractivity contribution is 5.94. The Bertz CT molecular complexity index is 224. The van der Waals surface area contributed by atoms with Crippen LogP contribution in [0.5, 0.6) is 0 Å². The predicted molar refractivity (Wildman–Crippen MR) is 43.4 cm³/mol. The molecule has 2 nitrogen and oxygen atoms in total. The summed E-state index contributed by atoms with van der Waals surface area (Å²) >= 11 is 0. The van der Waals surface area contributed by atoms with Gasteiger partial charge in [0.1, 0.15) is 5.76 Å². The summed E-state index contributed by atoms with van der Waals surface area (Å²) in [5.41, 5.74) is 0.441. The van der Waals surface area contributed by atoms with Crippen LogP contribution in [0.1, 0.15) is 33.6 Å². The number of aliphatic hydroxyl groups excluding tert-OH is 1. The predicted octanol–water partition coefficient (Wildman–Crippen LogP) is 2.21. The molecule has 0 atom stereocenters. The fourth-order valence-corrected chi connectivity index (χ4v) is 1.43. The molecule has 0 saturated carbocycles. The Morgan fingerprint density at radius 2 is 2.09 bits per heavy atom. The Hall–Kier alpha value is -0.790. The lowest BCUT2D eigenvalue weighted by atomic mass is 9.92. The topological polar surface area (TPSA) is 37.3 Å². The van der Waals surface area contributed by atoms with Crippen LogP contribution >= 0.6 is 0 Å². The molecule has 0 fully saturated rings. The van der Waals surface area contributed by atoms with Gasteiger partial charge in [0.2, 0.25) is 0 Å². The molecular weight excluding hydrogens is 140 g/mol. The first-order valence-electron chi connectivity index (χ1n) is 3.88. The molecule has 0 aromatic carbocycles. The van der Waals surface area contributed by atoms with E-state index in [9.17, 15) is 9.90 Å². The van der Waals surface area contributed by atoms with Gasteiger partial charge in [-0.25, -0.2) is 0 Å². The molecule has 0 heterocycles. The summed E-state index contributed by atoms with van der Waals surface area (Å²) in [5.74, 6) is 0.304. The average molecular weight is 154 g/mol. The van der Waals surface area contributed by atoms with Crippen LogP contribution in [0.15, 0.2) is 11.3 Å². The van der Waals surface area contributed by atoms with Crippen LogP contribution in [-0.2, 0) is 4.79 Å². The van der Waals surface area contributed by atoms with Crippen molar-refractivity contribution in [2.45, 2.75) is 33.6 Å². The highest BCUT2D eigenvalue weighted by Crippen LogP contribution is 2.40. The summed E-state index contributed by atoms with van der Waals surface area (Å²) in [6.45, 7) is 5.42. The maximum Gasteiger partial charge on any atom is 0.159 e. The smallest absolute Gasteiger partial charge is 0.159 e. The average Bonchev–Trinajstić information content (AvgIpc) is 2.09. The van der Waals surface area contributed by atoms with E-state index < -0.39 is 0 Å². The van der Waals surface area contributed by atoms with Crippen molar-refractivity contribution < 1.29 is 9.90 Å². The minimum absolute atomic E-state index is 0.00748. The third-order valence-electron chi connectivity index (χ3n) is 2.35. The zero-order chi connectivity index (χ0) is 8.65. The van der Waals surface area contributed by atoms with E-state index in [1.807, 2.05) is 13.8 Å². The number of allylic oxidation sites excluding steroid dienone is 2. The fourth-order valence-electron chi connectivity index (χ4n) is 1.43. The normalized spacial score (nSPS) is 22.5. The minimum Gasteiger partial charge on any atom is -0.511 e. The minimum atomic E-state index is -0.180. The maximum atomic E-state index is 10.9. The summed E-state index contributed by atoms with van der Waals surface area (Å²) in [5, 5.41) is 9.55. The third-order valence-corrected chi connectivity index (χ3v) is 2.35. The first kappa shape index (κ1) is 8.31. The lowest BCUT2D eigenvalue weighted by Crippen LogP contribution is -2.09. The van der Waals surface area contributed by atoms with Gasteiger partial charge >= 0.3 is 0 Å². The van der Waals surface area contributed by atoms with Gasteiger partial charge in [0, 0.05) is 11.0 Å². The molecule has 0 unspecified atom stereocenters. The van der Waals surface area contributed by atoms with Crippen molar-refractivity contribution >= 4 is 5.78 Å². The molecule has 0 saturated heterocycles. The summed E-state index contributed by atoms with van der Waals surface area (Å²) < 4.78 is 0. The molecule has 62 valence electrons. The van der Waals surface area contributed by atoms with Gasteiger partial charge in [-0.3, -0.25) is 4.79 Å². The molecule has 0 amide bonds. The lowest BCUT2D eigenvalue weighted by Gasteiger charge is -2.16. The van der Waals surface area contributed by atoms with Gasteiger partial charge in [0.25, 0.3) is 0 Å². The summed E-state index contributed by atoms with van der Waals surface area (Å²) in [6.07, 6.45) is 1.61. The largest absolute Gasteiger partial charge is 0.511 e. The summed E-state index contributed by atoms with van der Waals surface area (Å²) in [6, 6.07) is 0. The van der Waals surface area contributed by atoms with Gasteiger partial charge < -0.3 is 5.11 Å². The van der Waals surface area contributed by atoms with Crippen molar-refractivity contribution in [2.24, 2.45) is 5.41 Å². The van der Waals surface area contributed by atoms with E-state index in [0.717, 1.165) is 12.8 Å². The Morgan fingerprint density at radius 3 is 2.27 bits per heavy atom. The number of ketones is 1. The van der Waals surface area contributed by atoms with Gasteiger partial charge in [-0.2, -0.15) is 0 Å². The number of carbonyl (C=O) groups is 1. The number of hydrogen-bond acceptors (Lipinski definition) is 2. The zero-order valence-electron chi connectivity index (χ0n) is 7.27. The quantitative estimate of drug-likeness (QED) is 0.628. The molecule has 11 heavy (non-hydrogen) atoms. The summed E-state index contributed by atoms with van der Waals surface area (Å²) in [7, 11) is 0. The third kappa shape index (κ3) is 1.30. The van der Waals surface area contributed by atoms with Crippen LogP contribution in [-0.4, -0.2) is 10.9 Å². The van der Waals surface area contributed by atoms with Crippen LogP contribution < -0.4 is 0 Å². The number of hydrogen-bond donors (Lipinski definition) is 1. The van der Waals surface area contributed by atoms with Gasteiger partial charge in [-0.05, 0) is 19.8 Å². The lowest BCUT2D eigenvalue weighted by molar-refractivity contribution is -0.113. The molecule has 1 rings (SSSR count). The fraction of sp³-hybridized carbons (Fsp3) is 0.667. The number of aliphatic hydroxyl groups is 1. The molecule has 0 aliphatic heterocycles. The van der Waals surface area contributed by atoms with Crippen molar-refractivity contribution in [3.63, 3.8) is 0 Å². The van der Waals surface area contributed by atoms with Gasteiger partial charge in [0.15, 0.2) is 5.78 Å². The highest BCUT2D eigenvalue weighted by atomic mass is 16.3. The van der Waals surface area contributed by atoms with Crippen molar-refractivity contribution in [2.75, 3.05) is 0 Å². The molecule has 1 N–H and O–H groups in total. The van der Waals surface area contributed by atoms with E-state index in [0.29, 0.717) is 11.3 Å². The van der Waals surface area contributed by atoms with Gasteiger partial charge in [-0.15, -0.1) is 0 Å². The Morgan fingerprint density at radius 1 is 1.55 bits per heavy atom. The summed E-state index contributed by atoms with van der Waals surface area (Å²) in [4.78, 5) is 10.9. The maximum absolute atomic E-state index is 10.9. The van der Waals surface area contributed by atoms with Crippen molar-refractivity contribution in [1.82, 2.24) is 0 Å². The van der Waals surface area contributed by atoms with Crippen LogP contribution in [0.4, 0.5) is 0 Å². The Labute approximate surface area is 66.9 Å². The second-order valence-corrected chi connectivity index (χ2v) is 3.77. The molecule has 0 spiro atoms. The number of carbonyl (C=O) groups excluding carboxylic acids is 1. The van der Waals surface area contributed by atoms with E-state index in [1.165, 1.54) is 6.92 Å². The Kier molecular flexibility index (Phi) is 1.78. The van der Waals surface area contributed by atoms with Crippen molar-refractivity contribution in [3.05, 3.63) is 11.3 Å². The Balaban J connectivity index is 2.99. The van der Waals surface area contributed by atoms with E-state index in [1.54, 1.807) is 0 Å². The first-order chi connectivity index (χ1) is 4.95. The van der Waals surface area contributed by atoms with E-state index in [4.69, 9.17) is 0 Å². The van der Waals surface area contributed by atoms with Crippen molar-refractivity contribution in [3.8, 4) is 0 Å². The molecule has 0 radical (unpaired) electrons. The number of Topliss-reactive ketones (excluding diaryl/α,β-unsaturated/α-hetero) is 1. The van der Waals surface area contributed by atoms with Crippen LogP contribution in [0, 0.1) is 5.41 Å². The molecule has 0 bridgehead atoms. The van der Waals surface area contributed by atoms with Gasteiger partial charge in [-0.1, -0.05) is 13.8 Å². The number of rotatable bonds is 1. The second kappa shape index (κ2) is 2.36. The van der Waals surface area contributed by atoms with E-state index in [-0.39, 0.29) is 11.2 Å². The van der Waals surface area contributed by atoms with Crippen LogP contribution in [0.3, 0.4) is 0 Å². The van der Waals surface area contributed by atoms with E-state index in [2.05, 4.69) is 0 Å². The molecule has 0 aromatic heterocycles.